The number of rotatable bonds is 2. The lowest BCUT2D eigenvalue weighted by atomic mass is 10.1. The standard InChI is InChI=1S/C12H8F3NO/c1-17-11-6-7(5-10(14)16-11)8-3-2-4-9(13)12(8)15/h2-6H,1H3. The van der Waals surface area contributed by atoms with Crippen LogP contribution in [0.3, 0.4) is 0 Å². The first-order valence-electron chi connectivity index (χ1n) is 4.78. The molecular formula is C12H8F3NO. The zero-order chi connectivity index (χ0) is 12.4. The number of aromatic nitrogens is 1. The topological polar surface area (TPSA) is 22.1 Å². The van der Waals surface area contributed by atoms with Crippen molar-refractivity contribution in [2.24, 2.45) is 0 Å². The molecule has 2 nitrogen and oxygen atoms in total. The number of hydrogen-bond acceptors (Lipinski definition) is 2. The van der Waals surface area contributed by atoms with Gasteiger partial charge in [-0.3, -0.25) is 0 Å². The van der Waals surface area contributed by atoms with Crippen LogP contribution in [0.15, 0.2) is 30.3 Å². The Morgan fingerprint density at radius 3 is 2.59 bits per heavy atom. The van der Waals surface area contributed by atoms with E-state index in [4.69, 9.17) is 4.74 Å². The highest BCUT2D eigenvalue weighted by Gasteiger charge is 2.12. The Bertz CT molecular complexity index is 557. The van der Waals surface area contributed by atoms with Crippen LogP contribution in [0.25, 0.3) is 11.1 Å². The molecule has 1 heterocycles. The molecule has 0 fully saturated rings. The quantitative estimate of drug-likeness (QED) is 0.751. The normalized spacial score (nSPS) is 10.4. The van der Waals surface area contributed by atoms with Crippen molar-refractivity contribution in [2.75, 3.05) is 7.11 Å². The first-order chi connectivity index (χ1) is 8.11. The van der Waals surface area contributed by atoms with Crippen LogP contribution in [0.2, 0.25) is 0 Å². The van der Waals surface area contributed by atoms with Crippen LogP contribution >= 0.6 is 0 Å². The molecule has 1 aromatic heterocycles. The molecule has 0 spiro atoms. The fourth-order valence-electron chi connectivity index (χ4n) is 1.46. The van der Waals surface area contributed by atoms with Crippen LogP contribution in [0.4, 0.5) is 13.2 Å². The average Bonchev–Trinajstić information content (AvgIpc) is 2.31. The average molecular weight is 239 g/mol. The van der Waals surface area contributed by atoms with Crippen molar-refractivity contribution >= 4 is 0 Å². The van der Waals surface area contributed by atoms with E-state index in [2.05, 4.69) is 4.98 Å². The molecule has 0 N–H and O–H groups in total. The fraction of sp³-hybridized carbons (Fsp3) is 0.0833. The number of benzene rings is 1. The summed E-state index contributed by atoms with van der Waals surface area (Å²) < 4.78 is 44.4. The largest absolute Gasteiger partial charge is 0.481 e. The van der Waals surface area contributed by atoms with Crippen molar-refractivity contribution < 1.29 is 17.9 Å². The minimum atomic E-state index is -1.03. The maximum absolute atomic E-state index is 13.5. The highest BCUT2D eigenvalue weighted by Crippen LogP contribution is 2.27. The van der Waals surface area contributed by atoms with Crippen molar-refractivity contribution in [3.8, 4) is 17.0 Å². The molecule has 1 aromatic carbocycles. The van der Waals surface area contributed by atoms with E-state index >= 15 is 0 Å². The van der Waals surface area contributed by atoms with E-state index < -0.39 is 17.6 Å². The Morgan fingerprint density at radius 1 is 1.12 bits per heavy atom. The molecule has 0 atom stereocenters. The fourth-order valence-corrected chi connectivity index (χ4v) is 1.46. The predicted molar refractivity (Wildman–Crippen MR) is 56.1 cm³/mol. The second-order valence-corrected chi connectivity index (χ2v) is 3.32. The van der Waals surface area contributed by atoms with Crippen molar-refractivity contribution in [3.05, 3.63) is 47.9 Å². The molecule has 0 unspecified atom stereocenters. The Morgan fingerprint density at radius 2 is 1.88 bits per heavy atom. The van der Waals surface area contributed by atoms with E-state index in [1.54, 1.807) is 0 Å². The summed E-state index contributed by atoms with van der Waals surface area (Å²) in [5.41, 5.74) is 0.135. The Balaban J connectivity index is 2.60. The Hall–Kier alpha value is -2.04. The minimum Gasteiger partial charge on any atom is -0.481 e. The number of hydrogen-bond donors (Lipinski definition) is 0. The molecule has 0 amide bonds. The summed E-state index contributed by atoms with van der Waals surface area (Å²) in [6.45, 7) is 0. The van der Waals surface area contributed by atoms with Crippen molar-refractivity contribution in [1.29, 1.82) is 0 Å². The first kappa shape index (κ1) is 11.4. The minimum absolute atomic E-state index is 0.00339. The molecule has 0 aliphatic carbocycles. The van der Waals surface area contributed by atoms with Gasteiger partial charge >= 0.3 is 0 Å². The molecule has 0 bridgehead atoms. The monoisotopic (exact) mass is 239 g/mol. The maximum Gasteiger partial charge on any atom is 0.216 e. The summed E-state index contributed by atoms with van der Waals surface area (Å²) in [7, 11) is 1.31. The molecule has 0 aliphatic heterocycles. The number of halogens is 3. The van der Waals surface area contributed by atoms with Crippen LogP contribution in [0.5, 0.6) is 5.88 Å². The molecule has 2 aromatic rings. The van der Waals surface area contributed by atoms with Gasteiger partial charge in [0.1, 0.15) is 0 Å². The lowest BCUT2D eigenvalue weighted by molar-refractivity contribution is 0.387. The first-order valence-corrected chi connectivity index (χ1v) is 4.78. The van der Waals surface area contributed by atoms with E-state index in [-0.39, 0.29) is 17.0 Å². The van der Waals surface area contributed by atoms with Gasteiger partial charge in [0.2, 0.25) is 11.8 Å². The van der Waals surface area contributed by atoms with E-state index in [1.165, 1.54) is 25.3 Å². The van der Waals surface area contributed by atoms with Gasteiger partial charge in [0.15, 0.2) is 11.6 Å². The van der Waals surface area contributed by atoms with E-state index in [1.807, 2.05) is 0 Å². The van der Waals surface area contributed by atoms with Gasteiger partial charge in [0, 0.05) is 17.7 Å². The zero-order valence-corrected chi connectivity index (χ0v) is 8.88. The molecule has 2 rings (SSSR count). The van der Waals surface area contributed by atoms with Crippen LogP contribution in [-0.2, 0) is 0 Å². The number of nitrogens with zero attached hydrogens (tertiary/aromatic N) is 1. The van der Waals surface area contributed by atoms with E-state index in [0.29, 0.717) is 0 Å². The number of methoxy groups -OCH3 is 1. The summed E-state index contributed by atoms with van der Waals surface area (Å²) in [4.78, 5) is 3.42. The van der Waals surface area contributed by atoms with Gasteiger partial charge in [-0.05, 0) is 11.6 Å². The second-order valence-electron chi connectivity index (χ2n) is 3.32. The van der Waals surface area contributed by atoms with Gasteiger partial charge in [0.05, 0.1) is 7.11 Å². The predicted octanol–water partition coefficient (Wildman–Crippen LogP) is 3.17. The molecule has 0 saturated heterocycles. The van der Waals surface area contributed by atoms with Crippen LogP contribution in [0.1, 0.15) is 0 Å². The summed E-state index contributed by atoms with van der Waals surface area (Å²) in [5.74, 6) is -2.83. The van der Waals surface area contributed by atoms with Gasteiger partial charge in [-0.2, -0.15) is 9.37 Å². The summed E-state index contributed by atoms with van der Waals surface area (Å²) in [6.07, 6.45) is 0. The van der Waals surface area contributed by atoms with Crippen LogP contribution in [0, 0.1) is 17.6 Å². The number of pyridine rings is 1. The maximum atomic E-state index is 13.5. The third-order valence-electron chi connectivity index (χ3n) is 2.24. The third kappa shape index (κ3) is 2.22. The summed E-state index contributed by atoms with van der Waals surface area (Å²) in [6, 6.07) is 6.04. The van der Waals surface area contributed by atoms with Gasteiger partial charge in [-0.25, -0.2) is 8.78 Å². The highest BCUT2D eigenvalue weighted by atomic mass is 19.2. The van der Waals surface area contributed by atoms with Gasteiger partial charge in [-0.1, -0.05) is 12.1 Å². The summed E-state index contributed by atoms with van der Waals surface area (Å²) in [5, 5.41) is 0. The lowest BCUT2D eigenvalue weighted by Gasteiger charge is -2.06. The van der Waals surface area contributed by atoms with Crippen molar-refractivity contribution in [1.82, 2.24) is 4.98 Å². The van der Waals surface area contributed by atoms with E-state index in [9.17, 15) is 13.2 Å². The molecular weight excluding hydrogens is 231 g/mol. The molecule has 5 heteroatoms. The van der Waals surface area contributed by atoms with Gasteiger partial charge in [-0.15, -0.1) is 0 Å². The van der Waals surface area contributed by atoms with Crippen molar-refractivity contribution in [2.45, 2.75) is 0 Å². The van der Waals surface area contributed by atoms with Gasteiger partial charge in [0.25, 0.3) is 0 Å². The Labute approximate surface area is 95.7 Å². The molecule has 0 radical (unpaired) electrons. The van der Waals surface area contributed by atoms with Crippen molar-refractivity contribution in [3.63, 3.8) is 0 Å². The molecule has 0 aliphatic rings. The second kappa shape index (κ2) is 4.45. The summed E-state index contributed by atoms with van der Waals surface area (Å²) >= 11 is 0. The molecule has 88 valence electrons. The highest BCUT2D eigenvalue weighted by molar-refractivity contribution is 5.64. The third-order valence-corrected chi connectivity index (χ3v) is 2.24. The molecule has 0 saturated carbocycles. The lowest BCUT2D eigenvalue weighted by Crippen LogP contribution is -1.94. The van der Waals surface area contributed by atoms with Gasteiger partial charge < -0.3 is 4.74 Å². The van der Waals surface area contributed by atoms with Crippen LogP contribution in [-0.4, -0.2) is 12.1 Å². The van der Waals surface area contributed by atoms with Crippen LogP contribution < -0.4 is 4.74 Å². The SMILES string of the molecule is COc1cc(-c2cccc(F)c2F)cc(F)n1. The molecule has 17 heavy (non-hydrogen) atoms. The Kier molecular flexibility index (Phi) is 2.99. The number of ether oxygens (including phenoxy) is 1. The van der Waals surface area contributed by atoms with E-state index in [0.717, 1.165) is 12.1 Å². The smallest absolute Gasteiger partial charge is 0.216 e. The zero-order valence-electron chi connectivity index (χ0n) is 8.88.